The molecule has 2 aromatic rings. The van der Waals surface area contributed by atoms with Gasteiger partial charge in [0.05, 0.1) is 17.7 Å². The second-order valence-electron chi connectivity index (χ2n) is 7.38. The monoisotopic (exact) mass is 441 g/mol. The van der Waals surface area contributed by atoms with Gasteiger partial charge in [0.15, 0.2) is 5.79 Å². The molecule has 0 bridgehead atoms. The Kier molecular flexibility index (Phi) is 11.7. The number of carbonyl (C=O) groups excluding carboxylic acids is 2. The van der Waals surface area contributed by atoms with Crippen LogP contribution in [0.4, 0.5) is 0 Å². The average molecular weight is 442 g/mol. The fourth-order valence-corrected chi connectivity index (χ4v) is 2.52. The molecule has 2 rings (SSSR count). The summed E-state index contributed by atoms with van der Waals surface area (Å²) in [4.78, 5) is 24.2. The van der Waals surface area contributed by atoms with E-state index in [1.54, 1.807) is 36.4 Å². The standard InChI is InChI=1S/C21H23N3O3.C3H8O2/c1-2-27-19(12-13-23-20(25)17-6-4-3-5-7-17)15-24-21(26)18-10-8-16(14-22)9-11-18;1-3(2,4)5/h3-11,19H,2,12-13,15H2,1H3,(H,23,25)(H,24,26);4-5H,1-2H3. The Morgan fingerprint density at radius 2 is 1.53 bits per heavy atom. The Morgan fingerprint density at radius 1 is 1.00 bits per heavy atom. The molecule has 0 fully saturated rings. The minimum absolute atomic E-state index is 0.132. The largest absolute Gasteiger partial charge is 0.377 e. The number of aliphatic hydroxyl groups is 2. The van der Waals surface area contributed by atoms with E-state index in [1.165, 1.54) is 13.8 Å². The van der Waals surface area contributed by atoms with Crippen LogP contribution in [-0.2, 0) is 4.74 Å². The van der Waals surface area contributed by atoms with Crippen molar-refractivity contribution in [2.75, 3.05) is 19.7 Å². The molecule has 32 heavy (non-hydrogen) atoms. The Hall–Kier alpha value is -3.25. The minimum atomic E-state index is -1.50. The fraction of sp³-hybridized carbons (Fsp3) is 0.375. The summed E-state index contributed by atoms with van der Waals surface area (Å²) in [5.41, 5.74) is 1.61. The van der Waals surface area contributed by atoms with Gasteiger partial charge < -0.3 is 25.6 Å². The first kappa shape index (κ1) is 26.8. The van der Waals surface area contributed by atoms with Crippen molar-refractivity contribution in [3.63, 3.8) is 0 Å². The molecule has 0 aromatic heterocycles. The maximum atomic E-state index is 12.2. The highest BCUT2D eigenvalue weighted by Gasteiger charge is 2.13. The summed E-state index contributed by atoms with van der Waals surface area (Å²) in [6.45, 7) is 5.79. The zero-order chi connectivity index (χ0) is 24.0. The van der Waals surface area contributed by atoms with Gasteiger partial charge in [-0.05, 0) is 63.6 Å². The van der Waals surface area contributed by atoms with Gasteiger partial charge >= 0.3 is 0 Å². The zero-order valence-electron chi connectivity index (χ0n) is 18.7. The first-order chi connectivity index (χ1) is 15.1. The number of nitriles is 1. The van der Waals surface area contributed by atoms with E-state index < -0.39 is 5.79 Å². The molecular weight excluding hydrogens is 410 g/mol. The number of carbonyl (C=O) groups is 2. The van der Waals surface area contributed by atoms with Crippen LogP contribution in [0.3, 0.4) is 0 Å². The highest BCUT2D eigenvalue weighted by atomic mass is 16.5. The normalized spacial score (nSPS) is 11.4. The molecule has 1 unspecified atom stereocenters. The van der Waals surface area contributed by atoms with Crippen molar-refractivity contribution in [1.29, 1.82) is 5.26 Å². The molecule has 0 saturated carbocycles. The molecule has 0 saturated heterocycles. The van der Waals surface area contributed by atoms with Crippen molar-refractivity contribution in [3.8, 4) is 6.07 Å². The first-order valence-electron chi connectivity index (χ1n) is 10.3. The van der Waals surface area contributed by atoms with Gasteiger partial charge in [-0.15, -0.1) is 0 Å². The molecule has 0 aliphatic rings. The van der Waals surface area contributed by atoms with E-state index in [1.807, 2.05) is 31.2 Å². The minimum Gasteiger partial charge on any atom is -0.377 e. The highest BCUT2D eigenvalue weighted by Crippen LogP contribution is 2.04. The summed E-state index contributed by atoms with van der Waals surface area (Å²) < 4.78 is 5.64. The highest BCUT2D eigenvalue weighted by molar-refractivity contribution is 5.94. The summed E-state index contributed by atoms with van der Waals surface area (Å²) >= 11 is 0. The Labute approximate surface area is 188 Å². The quantitative estimate of drug-likeness (QED) is 0.441. The number of rotatable bonds is 9. The van der Waals surface area contributed by atoms with Crippen molar-refractivity contribution in [1.82, 2.24) is 10.6 Å². The van der Waals surface area contributed by atoms with Crippen LogP contribution in [0.1, 0.15) is 53.5 Å². The Balaban J connectivity index is 0.000000920. The van der Waals surface area contributed by atoms with Crippen molar-refractivity contribution >= 4 is 11.8 Å². The third-order valence-corrected chi connectivity index (χ3v) is 3.96. The predicted molar refractivity (Wildman–Crippen MR) is 121 cm³/mol. The molecule has 0 aliphatic heterocycles. The summed E-state index contributed by atoms with van der Waals surface area (Å²) in [6.07, 6.45) is 0.383. The van der Waals surface area contributed by atoms with E-state index in [0.29, 0.717) is 42.8 Å². The van der Waals surface area contributed by atoms with Gasteiger partial charge in [0.2, 0.25) is 0 Å². The predicted octanol–water partition coefficient (Wildman–Crippen LogP) is 2.22. The van der Waals surface area contributed by atoms with E-state index in [0.717, 1.165) is 0 Å². The van der Waals surface area contributed by atoms with Gasteiger partial charge in [0.1, 0.15) is 0 Å². The summed E-state index contributed by atoms with van der Waals surface area (Å²) in [5.74, 6) is -1.86. The van der Waals surface area contributed by atoms with Crippen LogP contribution < -0.4 is 10.6 Å². The lowest BCUT2D eigenvalue weighted by Gasteiger charge is -2.18. The van der Waals surface area contributed by atoms with Gasteiger partial charge in [0, 0.05) is 30.8 Å². The van der Waals surface area contributed by atoms with E-state index in [2.05, 4.69) is 10.6 Å². The number of amides is 2. The van der Waals surface area contributed by atoms with Crippen LogP contribution in [-0.4, -0.2) is 53.6 Å². The van der Waals surface area contributed by atoms with E-state index >= 15 is 0 Å². The van der Waals surface area contributed by atoms with Crippen LogP contribution in [0.15, 0.2) is 54.6 Å². The van der Waals surface area contributed by atoms with Gasteiger partial charge in [-0.2, -0.15) is 5.26 Å². The van der Waals surface area contributed by atoms with Gasteiger partial charge in [-0.1, -0.05) is 18.2 Å². The van der Waals surface area contributed by atoms with Gasteiger partial charge in [-0.25, -0.2) is 0 Å². The topological polar surface area (TPSA) is 132 Å². The lowest BCUT2D eigenvalue weighted by atomic mass is 10.1. The third kappa shape index (κ3) is 11.8. The molecule has 0 spiro atoms. The molecule has 0 aliphatic carbocycles. The number of nitrogens with zero attached hydrogens (tertiary/aromatic N) is 1. The zero-order valence-corrected chi connectivity index (χ0v) is 18.7. The lowest BCUT2D eigenvalue weighted by Crippen LogP contribution is -2.36. The number of ether oxygens (including phenoxy) is 1. The van der Waals surface area contributed by atoms with E-state index in [-0.39, 0.29) is 17.9 Å². The molecule has 8 nitrogen and oxygen atoms in total. The molecule has 4 N–H and O–H groups in total. The smallest absolute Gasteiger partial charge is 0.251 e. The van der Waals surface area contributed by atoms with E-state index in [4.69, 9.17) is 20.2 Å². The molecule has 8 heteroatoms. The molecule has 0 heterocycles. The molecule has 0 radical (unpaired) electrons. The third-order valence-electron chi connectivity index (χ3n) is 3.96. The Morgan fingerprint density at radius 3 is 2.06 bits per heavy atom. The van der Waals surface area contributed by atoms with Crippen LogP contribution in [0.2, 0.25) is 0 Å². The van der Waals surface area contributed by atoms with Crippen molar-refractivity contribution in [3.05, 3.63) is 71.3 Å². The maximum absolute atomic E-state index is 12.2. The average Bonchev–Trinajstić information content (AvgIpc) is 2.76. The molecule has 172 valence electrons. The lowest BCUT2D eigenvalue weighted by molar-refractivity contribution is -0.127. The van der Waals surface area contributed by atoms with Crippen LogP contribution in [0.5, 0.6) is 0 Å². The molecule has 2 amide bonds. The summed E-state index contributed by atoms with van der Waals surface area (Å²) in [7, 11) is 0. The number of hydrogen-bond acceptors (Lipinski definition) is 6. The maximum Gasteiger partial charge on any atom is 0.251 e. The van der Waals surface area contributed by atoms with Crippen LogP contribution >= 0.6 is 0 Å². The fourth-order valence-electron chi connectivity index (χ4n) is 2.52. The second-order valence-corrected chi connectivity index (χ2v) is 7.38. The summed E-state index contributed by atoms with van der Waals surface area (Å²) in [6, 6.07) is 17.5. The number of hydrogen-bond donors (Lipinski definition) is 4. The number of benzene rings is 2. The van der Waals surface area contributed by atoms with E-state index in [9.17, 15) is 9.59 Å². The Bertz CT molecular complexity index is 865. The molecule has 2 aromatic carbocycles. The summed E-state index contributed by atoms with van der Waals surface area (Å²) in [5, 5.41) is 30.6. The van der Waals surface area contributed by atoms with Crippen LogP contribution in [0, 0.1) is 11.3 Å². The SMILES string of the molecule is CC(C)(O)O.CCOC(CCNC(=O)c1ccccc1)CNC(=O)c1ccc(C#N)cc1. The van der Waals surface area contributed by atoms with Crippen LogP contribution in [0.25, 0.3) is 0 Å². The van der Waals surface area contributed by atoms with Gasteiger partial charge in [-0.3, -0.25) is 9.59 Å². The molecular formula is C24H31N3O5. The molecule has 1 atom stereocenters. The van der Waals surface area contributed by atoms with Crippen molar-refractivity contribution < 1.29 is 24.5 Å². The van der Waals surface area contributed by atoms with Crippen molar-refractivity contribution in [2.45, 2.75) is 39.1 Å². The number of nitrogens with one attached hydrogen (secondary N) is 2. The second kappa shape index (κ2) is 13.9. The van der Waals surface area contributed by atoms with Gasteiger partial charge in [0.25, 0.3) is 11.8 Å². The first-order valence-corrected chi connectivity index (χ1v) is 10.3. The van der Waals surface area contributed by atoms with Crippen molar-refractivity contribution in [2.24, 2.45) is 0 Å².